The lowest BCUT2D eigenvalue weighted by Gasteiger charge is -2.07. The van der Waals surface area contributed by atoms with Crippen molar-refractivity contribution in [3.63, 3.8) is 0 Å². The summed E-state index contributed by atoms with van der Waals surface area (Å²) in [5, 5.41) is 14.7. The molecule has 6 heteroatoms. The third kappa shape index (κ3) is 2.12. The minimum atomic E-state index is 0.632. The molecule has 0 saturated carbocycles. The fourth-order valence-corrected chi connectivity index (χ4v) is 2.11. The first-order valence-electron chi connectivity index (χ1n) is 4.90. The molecule has 0 aliphatic rings. The van der Waals surface area contributed by atoms with Crippen molar-refractivity contribution < 1.29 is 0 Å². The Morgan fingerprint density at radius 3 is 2.94 bits per heavy atom. The monoisotopic (exact) mass is 281 g/mol. The van der Waals surface area contributed by atoms with E-state index in [1.807, 2.05) is 32.2 Å². The quantitative estimate of drug-likeness (QED) is 0.925. The van der Waals surface area contributed by atoms with Gasteiger partial charge in [0, 0.05) is 4.47 Å². The van der Waals surface area contributed by atoms with Crippen LogP contribution in [0, 0.1) is 6.92 Å². The summed E-state index contributed by atoms with van der Waals surface area (Å²) in [4.78, 5) is 0. The van der Waals surface area contributed by atoms with Crippen molar-refractivity contribution >= 4 is 15.9 Å². The van der Waals surface area contributed by atoms with E-state index < -0.39 is 0 Å². The van der Waals surface area contributed by atoms with E-state index in [0.29, 0.717) is 6.54 Å². The van der Waals surface area contributed by atoms with Crippen molar-refractivity contribution in [2.24, 2.45) is 0 Å². The molecule has 0 spiro atoms. The average Bonchev–Trinajstić information content (AvgIpc) is 2.67. The summed E-state index contributed by atoms with van der Waals surface area (Å²) in [6.07, 6.45) is 0. The average molecular weight is 282 g/mol. The van der Waals surface area contributed by atoms with Gasteiger partial charge in [0.2, 0.25) is 0 Å². The van der Waals surface area contributed by atoms with Crippen LogP contribution in [0.4, 0.5) is 0 Å². The van der Waals surface area contributed by atoms with Gasteiger partial charge in [0.05, 0.1) is 12.2 Å². The van der Waals surface area contributed by atoms with Gasteiger partial charge >= 0.3 is 0 Å². The van der Waals surface area contributed by atoms with E-state index in [1.54, 1.807) is 4.68 Å². The van der Waals surface area contributed by atoms with Crippen molar-refractivity contribution in [3.8, 4) is 5.69 Å². The number of rotatable bonds is 3. The Morgan fingerprint density at radius 1 is 1.44 bits per heavy atom. The van der Waals surface area contributed by atoms with Crippen molar-refractivity contribution in [2.75, 3.05) is 7.05 Å². The third-order valence-electron chi connectivity index (χ3n) is 2.20. The molecule has 2 aromatic rings. The van der Waals surface area contributed by atoms with Gasteiger partial charge in [0.15, 0.2) is 5.82 Å². The number of nitrogens with one attached hydrogen (secondary N) is 1. The first-order chi connectivity index (χ1) is 7.72. The van der Waals surface area contributed by atoms with E-state index in [4.69, 9.17) is 0 Å². The number of halogens is 1. The highest BCUT2D eigenvalue weighted by Gasteiger charge is 2.09. The standard InChI is InChI=1S/C10H12BrN5/c1-7-3-4-9(8(11)5-7)16-10(6-12-2)13-14-15-16/h3-5,12H,6H2,1-2H3. The molecular weight excluding hydrogens is 270 g/mol. The van der Waals surface area contributed by atoms with Crippen LogP contribution in [0.5, 0.6) is 0 Å². The van der Waals surface area contributed by atoms with Gasteiger partial charge < -0.3 is 5.32 Å². The van der Waals surface area contributed by atoms with Crippen molar-refractivity contribution in [1.29, 1.82) is 0 Å². The SMILES string of the molecule is CNCc1nnnn1-c1ccc(C)cc1Br. The highest BCUT2D eigenvalue weighted by molar-refractivity contribution is 9.10. The van der Waals surface area contributed by atoms with Crippen LogP contribution in [0.25, 0.3) is 5.69 Å². The zero-order valence-corrected chi connectivity index (χ0v) is 10.7. The maximum Gasteiger partial charge on any atom is 0.170 e. The summed E-state index contributed by atoms with van der Waals surface area (Å²) in [7, 11) is 1.86. The summed E-state index contributed by atoms with van der Waals surface area (Å²) >= 11 is 3.52. The van der Waals surface area contributed by atoms with E-state index in [9.17, 15) is 0 Å². The molecule has 0 aliphatic heterocycles. The first-order valence-corrected chi connectivity index (χ1v) is 5.70. The number of aromatic nitrogens is 4. The number of hydrogen-bond donors (Lipinski definition) is 1. The van der Waals surface area contributed by atoms with Crippen LogP contribution >= 0.6 is 15.9 Å². The van der Waals surface area contributed by atoms with Crippen LogP contribution in [-0.4, -0.2) is 27.3 Å². The van der Waals surface area contributed by atoms with Gasteiger partial charge in [-0.3, -0.25) is 0 Å². The van der Waals surface area contributed by atoms with E-state index in [1.165, 1.54) is 5.56 Å². The maximum atomic E-state index is 3.98. The van der Waals surface area contributed by atoms with Gasteiger partial charge in [-0.1, -0.05) is 6.07 Å². The maximum absolute atomic E-state index is 3.98. The Hall–Kier alpha value is -1.27. The predicted molar refractivity (Wildman–Crippen MR) is 64.4 cm³/mol. The largest absolute Gasteiger partial charge is 0.313 e. The molecule has 1 aromatic carbocycles. The molecule has 1 heterocycles. The highest BCUT2D eigenvalue weighted by atomic mass is 79.9. The lowest BCUT2D eigenvalue weighted by Crippen LogP contribution is -2.12. The molecule has 1 N–H and O–H groups in total. The summed E-state index contributed by atoms with van der Waals surface area (Å²) in [5.41, 5.74) is 2.14. The van der Waals surface area contributed by atoms with Gasteiger partial charge in [0.1, 0.15) is 0 Å². The Morgan fingerprint density at radius 2 is 2.25 bits per heavy atom. The van der Waals surface area contributed by atoms with Gasteiger partial charge in [-0.15, -0.1) is 5.10 Å². The van der Waals surface area contributed by atoms with Gasteiger partial charge in [0.25, 0.3) is 0 Å². The second-order valence-electron chi connectivity index (χ2n) is 3.49. The number of tetrazole rings is 1. The summed E-state index contributed by atoms with van der Waals surface area (Å²) in [5.74, 6) is 0.784. The summed E-state index contributed by atoms with van der Waals surface area (Å²) in [6, 6.07) is 6.07. The zero-order valence-electron chi connectivity index (χ0n) is 9.11. The molecule has 0 saturated heterocycles. The molecule has 5 nitrogen and oxygen atoms in total. The highest BCUT2D eigenvalue weighted by Crippen LogP contribution is 2.22. The number of nitrogens with zero attached hydrogens (tertiary/aromatic N) is 4. The summed E-state index contributed by atoms with van der Waals surface area (Å²) < 4.78 is 2.71. The molecule has 0 unspecified atom stereocenters. The minimum Gasteiger partial charge on any atom is -0.313 e. The molecule has 16 heavy (non-hydrogen) atoms. The molecule has 0 bridgehead atoms. The van der Waals surface area contributed by atoms with Crippen LogP contribution in [0.15, 0.2) is 22.7 Å². The molecule has 2 rings (SSSR count). The smallest absolute Gasteiger partial charge is 0.170 e. The van der Waals surface area contributed by atoms with Crippen molar-refractivity contribution in [1.82, 2.24) is 25.5 Å². The van der Waals surface area contributed by atoms with Gasteiger partial charge in [-0.25, -0.2) is 0 Å². The Balaban J connectivity index is 2.46. The van der Waals surface area contributed by atoms with E-state index in [-0.39, 0.29) is 0 Å². The number of hydrogen-bond acceptors (Lipinski definition) is 4. The van der Waals surface area contributed by atoms with Crippen LogP contribution in [0.3, 0.4) is 0 Å². The Bertz CT molecular complexity index is 494. The summed E-state index contributed by atoms with van der Waals surface area (Å²) in [6.45, 7) is 2.68. The van der Waals surface area contributed by atoms with Gasteiger partial charge in [-0.05, 0) is 58.0 Å². The van der Waals surface area contributed by atoms with E-state index in [2.05, 4.69) is 36.8 Å². The van der Waals surface area contributed by atoms with E-state index in [0.717, 1.165) is 16.0 Å². The van der Waals surface area contributed by atoms with E-state index >= 15 is 0 Å². The van der Waals surface area contributed by atoms with Crippen molar-refractivity contribution in [2.45, 2.75) is 13.5 Å². The van der Waals surface area contributed by atoms with Crippen molar-refractivity contribution in [3.05, 3.63) is 34.1 Å². The van der Waals surface area contributed by atoms with Crippen LogP contribution in [0.1, 0.15) is 11.4 Å². The fourth-order valence-electron chi connectivity index (χ4n) is 1.44. The molecule has 0 atom stereocenters. The zero-order chi connectivity index (χ0) is 11.5. The second-order valence-corrected chi connectivity index (χ2v) is 4.35. The van der Waals surface area contributed by atoms with Crippen LogP contribution in [0.2, 0.25) is 0 Å². The minimum absolute atomic E-state index is 0.632. The lowest BCUT2D eigenvalue weighted by atomic mass is 10.2. The van der Waals surface area contributed by atoms with Crippen LogP contribution < -0.4 is 5.32 Å². The fraction of sp³-hybridized carbons (Fsp3) is 0.300. The second kappa shape index (κ2) is 4.71. The lowest BCUT2D eigenvalue weighted by molar-refractivity contribution is 0.707. The Kier molecular flexibility index (Phi) is 3.31. The van der Waals surface area contributed by atoms with Crippen LogP contribution in [-0.2, 0) is 6.54 Å². The molecule has 0 amide bonds. The third-order valence-corrected chi connectivity index (χ3v) is 2.84. The Labute approximate surface area is 102 Å². The topological polar surface area (TPSA) is 55.6 Å². The molecule has 0 radical (unpaired) electrons. The molecular formula is C10H12BrN5. The molecule has 84 valence electrons. The molecule has 1 aromatic heterocycles. The molecule has 0 fully saturated rings. The number of benzene rings is 1. The first kappa shape index (κ1) is 11.2. The number of aryl methyl sites for hydroxylation is 1. The normalized spacial score (nSPS) is 10.7. The molecule has 0 aliphatic carbocycles. The van der Waals surface area contributed by atoms with Gasteiger partial charge in [-0.2, -0.15) is 4.68 Å². The predicted octanol–water partition coefficient (Wildman–Crippen LogP) is 1.45.